The van der Waals surface area contributed by atoms with Crippen LogP contribution in [0.15, 0.2) is 28.5 Å². The molecule has 2 rings (SSSR count). The summed E-state index contributed by atoms with van der Waals surface area (Å²) in [4.78, 5) is 3.91. The van der Waals surface area contributed by atoms with Gasteiger partial charge >= 0.3 is 0 Å². The van der Waals surface area contributed by atoms with Gasteiger partial charge in [-0.2, -0.15) is 0 Å². The van der Waals surface area contributed by atoms with Crippen LogP contribution in [0.1, 0.15) is 19.5 Å². The molecule has 0 radical (unpaired) electrons. The van der Waals surface area contributed by atoms with Crippen molar-refractivity contribution in [3.63, 3.8) is 0 Å². The molecule has 0 bridgehead atoms. The molecule has 0 spiro atoms. The minimum Gasteiger partial charge on any atom is -0.491 e. The summed E-state index contributed by atoms with van der Waals surface area (Å²) in [6.07, 6.45) is 0.0644. The number of ether oxygens (including phenoxy) is 1. The van der Waals surface area contributed by atoms with E-state index in [4.69, 9.17) is 16.3 Å². The Balaban J connectivity index is 2.19. The molecule has 0 saturated carbocycles. The third-order valence-corrected chi connectivity index (χ3v) is 5.70. The molecule has 1 N–H and O–H groups in total. The highest BCUT2D eigenvalue weighted by Gasteiger charge is 2.21. The van der Waals surface area contributed by atoms with Gasteiger partial charge in [-0.15, -0.1) is 0 Å². The van der Waals surface area contributed by atoms with Gasteiger partial charge < -0.3 is 4.74 Å². The first-order valence-corrected chi connectivity index (χ1v) is 8.88. The molecular formula is C13H15ClN2O3S2. The van der Waals surface area contributed by atoms with E-state index in [0.29, 0.717) is 17.1 Å². The molecule has 1 aromatic heterocycles. The Kier molecular flexibility index (Phi) is 4.75. The van der Waals surface area contributed by atoms with Crippen LogP contribution in [0.2, 0.25) is 4.47 Å². The predicted octanol–water partition coefficient (Wildman–Crippen LogP) is 3.69. The van der Waals surface area contributed by atoms with Crippen molar-refractivity contribution in [2.75, 3.05) is 4.72 Å². The van der Waals surface area contributed by atoms with Gasteiger partial charge in [0.25, 0.3) is 10.0 Å². The van der Waals surface area contributed by atoms with Crippen molar-refractivity contribution in [3.05, 3.63) is 34.4 Å². The number of rotatable bonds is 5. The van der Waals surface area contributed by atoms with E-state index >= 15 is 0 Å². The molecule has 0 saturated heterocycles. The molecule has 0 aliphatic carbocycles. The normalized spacial score (nSPS) is 11.7. The highest BCUT2D eigenvalue weighted by Crippen LogP contribution is 2.28. The van der Waals surface area contributed by atoms with Crippen molar-refractivity contribution in [1.29, 1.82) is 0 Å². The van der Waals surface area contributed by atoms with Gasteiger partial charge in [0.1, 0.15) is 5.75 Å². The number of nitrogens with one attached hydrogen (secondary N) is 1. The molecule has 0 atom stereocenters. The van der Waals surface area contributed by atoms with Crippen molar-refractivity contribution in [2.45, 2.75) is 31.1 Å². The third-order valence-electron chi connectivity index (χ3n) is 2.45. The molecule has 8 heteroatoms. The minimum atomic E-state index is -3.68. The maximum Gasteiger partial charge on any atom is 0.273 e. The fourth-order valence-electron chi connectivity index (χ4n) is 1.68. The first kappa shape index (κ1) is 16.1. The van der Waals surface area contributed by atoms with Crippen LogP contribution >= 0.6 is 22.9 Å². The van der Waals surface area contributed by atoms with Crippen molar-refractivity contribution in [1.82, 2.24) is 4.98 Å². The zero-order valence-electron chi connectivity index (χ0n) is 11.8. The topological polar surface area (TPSA) is 68.3 Å². The Bertz CT molecular complexity index is 724. The summed E-state index contributed by atoms with van der Waals surface area (Å²) in [5.41, 5.74) is 0.840. The quantitative estimate of drug-likeness (QED) is 0.896. The number of aryl methyl sites for hydroxylation is 1. The first-order valence-electron chi connectivity index (χ1n) is 6.20. The van der Waals surface area contributed by atoms with Gasteiger partial charge in [-0.05, 0) is 45.0 Å². The fraction of sp³-hybridized carbons (Fsp3) is 0.308. The van der Waals surface area contributed by atoms with Gasteiger partial charge in [-0.1, -0.05) is 22.9 Å². The minimum absolute atomic E-state index is 0.0644. The largest absolute Gasteiger partial charge is 0.491 e. The van der Waals surface area contributed by atoms with Gasteiger partial charge in [0.2, 0.25) is 0 Å². The summed E-state index contributed by atoms with van der Waals surface area (Å²) < 4.78 is 32.9. The molecule has 21 heavy (non-hydrogen) atoms. The number of halogens is 1. The van der Waals surface area contributed by atoms with E-state index < -0.39 is 10.0 Å². The van der Waals surface area contributed by atoms with Crippen molar-refractivity contribution >= 4 is 38.6 Å². The Morgan fingerprint density at radius 3 is 2.38 bits per heavy atom. The zero-order valence-corrected chi connectivity index (χ0v) is 14.1. The lowest BCUT2D eigenvalue weighted by molar-refractivity contribution is 0.242. The highest BCUT2D eigenvalue weighted by atomic mass is 35.5. The smallest absolute Gasteiger partial charge is 0.273 e. The second kappa shape index (κ2) is 6.21. The van der Waals surface area contributed by atoms with Crippen LogP contribution in [0.25, 0.3) is 0 Å². The lowest BCUT2D eigenvalue weighted by Crippen LogP contribution is -2.12. The number of anilines is 1. The molecule has 0 fully saturated rings. The average Bonchev–Trinajstić information content (AvgIpc) is 2.71. The molecule has 0 aliphatic rings. The molecule has 0 aliphatic heterocycles. The van der Waals surface area contributed by atoms with E-state index in [1.807, 2.05) is 13.8 Å². The Morgan fingerprint density at radius 2 is 1.90 bits per heavy atom. The maximum absolute atomic E-state index is 12.3. The zero-order chi connectivity index (χ0) is 15.6. The summed E-state index contributed by atoms with van der Waals surface area (Å²) in [7, 11) is -3.68. The standard InChI is InChI=1S/C13H15ClN2O3S2/c1-8(2)19-11-6-4-10(5-7-11)16-21(17,18)12-9(3)15-13(14)20-12/h4-8,16H,1-3H3. The van der Waals surface area contributed by atoms with E-state index in [0.717, 1.165) is 11.3 Å². The van der Waals surface area contributed by atoms with E-state index in [1.54, 1.807) is 31.2 Å². The second-order valence-corrected chi connectivity index (χ2v) is 8.10. The Morgan fingerprint density at radius 1 is 1.29 bits per heavy atom. The van der Waals surface area contributed by atoms with Crippen molar-refractivity contribution in [3.8, 4) is 5.75 Å². The summed E-state index contributed by atoms with van der Waals surface area (Å²) in [5.74, 6) is 0.685. The lowest BCUT2D eigenvalue weighted by Gasteiger charge is -2.11. The van der Waals surface area contributed by atoms with Crippen LogP contribution in [0.4, 0.5) is 5.69 Å². The van der Waals surface area contributed by atoms with Crippen molar-refractivity contribution < 1.29 is 13.2 Å². The number of aromatic nitrogens is 1. The molecule has 0 amide bonds. The molecule has 2 aromatic rings. The third kappa shape index (κ3) is 4.09. The lowest BCUT2D eigenvalue weighted by atomic mass is 10.3. The van der Waals surface area contributed by atoms with E-state index in [-0.39, 0.29) is 14.8 Å². The van der Waals surface area contributed by atoms with Crippen LogP contribution in [0.5, 0.6) is 5.75 Å². The van der Waals surface area contributed by atoms with E-state index in [9.17, 15) is 8.42 Å². The van der Waals surface area contributed by atoms with Crippen LogP contribution < -0.4 is 9.46 Å². The molecule has 114 valence electrons. The van der Waals surface area contributed by atoms with Gasteiger partial charge in [-0.25, -0.2) is 13.4 Å². The molecule has 5 nitrogen and oxygen atoms in total. The fourth-order valence-corrected chi connectivity index (χ4v) is 4.47. The molecular weight excluding hydrogens is 332 g/mol. The van der Waals surface area contributed by atoms with Crippen LogP contribution in [-0.4, -0.2) is 19.5 Å². The second-order valence-electron chi connectivity index (χ2n) is 4.64. The Labute approximate surface area is 133 Å². The van der Waals surface area contributed by atoms with E-state index in [2.05, 4.69) is 9.71 Å². The van der Waals surface area contributed by atoms with Gasteiger partial charge in [-0.3, -0.25) is 4.72 Å². The van der Waals surface area contributed by atoms with Crippen LogP contribution in [-0.2, 0) is 10.0 Å². The predicted molar refractivity (Wildman–Crippen MR) is 84.9 cm³/mol. The molecule has 0 unspecified atom stereocenters. The van der Waals surface area contributed by atoms with E-state index in [1.165, 1.54) is 0 Å². The molecule has 1 heterocycles. The van der Waals surface area contributed by atoms with Crippen LogP contribution in [0.3, 0.4) is 0 Å². The van der Waals surface area contributed by atoms with Crippen molar-refractivity contribution in [2.24, 2.45) is 0 Å². The monoisotopic (exact) mass is 346 g/mol. The summed E-state index contributed by atoms with van der Waals surface area (Å²) in [6.45, 7) is 5.45. The number of hydrogen-bond donors (Lipinski definition) is 1. The highest BCUT2D eigenvalue weighted by molar-refractivity contribution is 7.94. The SMILES string of the molecule is Cc1nc(Cl)sc1S(=O)(=O)Nc1ccc(OC(C)C)cc1. The number of hydrogen-bond acceptors (Lipinski definition) is 5. The number of thiazole rings is 1. The van der Waals surface area contributed by atoms with Gasteiger partial charge in [0.15, 0.2) is 8.68 Å². The first-order chi connectivity index (χ1) is 9.78. The van der Waals surface area contributed by atoms with Gasteiger partial charge in [0.05, 0.1) is 11.8 Å². The number of nitrogens with zero attached hydrogens (tertiary/aromatic N) is 1. The van der Waals surface area contributed by atoms with Crippen LogP contribution in [0, 0.1) is 6.92 Å². The average molecular weight is 347 g/mol. The Hall–Kier alpha value is -1.31. The summed E-state index contributed by atoms with van der Waals surface area (Å²) in [5, 5.41) is 0. The summed E-state index contributed by atoms with van der Waals surface area (Å²) >= 11 is 6.67. The summed E-state index contributed by atoms with van der Waals surface area (Å²) in [6, 6.07) is 6.72. The molecule has 1 aromatic carbocycles. The van der Waals surface area contributed by atoms with Gasteiger partial charge in [0, 0.05) is 5.69 Å². The number of benzene rings is 1. The number of sulfonamides is 1. The maximum atomic E-state index is 12.3.